The molecule has 0 aliphatic rings. The van der Waals surface area contributed by atoms with Crippen LogP contribution in [0.3, 0.4) is 0 Å². The summed E-state index contributed by atoms with van der Waals surface area (Å²) in [6.07, 6.45) is 4.79. The molecule has 3 heterocycles. The molecule has 114 valence electrons. The van der Waals surface area contributed by atoms with Gasteiger partial charge in [0.1, 0.15) is 12.0 Å². The van der Waals surface area contributed by atoms with Crippen molar-refractivity contribution in [2.45, 2.75) is 20.4 Å². The number of imidazole rings is 1. The van der Waals surface area contributed by atoms with Crippen LogP contribution in [0.1, 0.15) is 29.0 Å². The van der Waals surface area contributed by atoms with Crippen LogP contribution in [0.2, 0.25) is 0 Å². The molecule has 0 aliphatic heterocycles. The Labute approximate surface area is 126 Å². The number of amides is 1. The van der Waals surface area contributed by atoms with E-state index in [-0.39, 0.29) is 12.5 Å². The number of hydrogen-bond acceptors (Lipinski definition) is 5. The summed E-state index contributed by atoms with van der Waals surface area (Å²) in [7, 11) is 0. The number of ether oxygens (including phenoxy) is 1. The zero-order chi connectivity index (χ0) is 15.5. The molecule has 0 saturated carbocycles. The van der Waals surface area contributed by atoms with E-state index in [9.17, 15) is 4.79 Å². The zero-order valence-corrected chi connectivity index (χ0v) is 12.4. The Balaban J connectivity index is 1.91. The molecule has 1 N–H and O–H groups in total. The lowest BCUT2D eigenvalue weighted by atomic mass is 10.3. The molecule has 0 fully saturated rings. The van der Waals surface area contributed by atoms with Gasteiger partial charge in [0.05, 0.1) is 25.0 Å². The van der Waals surface area contributed by atoms with E-state index in [4.69, 9.17) is 9.15 Å². The number of aromatic nitrogens is 3. The molecule has 3 aromatic heterocycles. The predicted molar refractivity (Wildman–Crippen MR) is 78.8 cm³/mol. The average molecular weight is 300 g/mol. The van der Waals surface area contributed by atoms with Crippen LogP contribution >= 0.6 is 0 Å². The monoisotopic (exact) mass is 300 g/mol. The first-order valence-electron chi connectivity index (χ1n) is 6.97. The average Bonchev–Trinajstić information content (AvgIpc) is 3.12. The molecule has 0 atom stereocenters. The van der Waals surface area contributed by atoms with Gasteiger partial charge >= 0.3 is 0 Å². The SMILES string of the molecule is CCOc1cccn2c(C(=O)NCc3ncco3)c(C)nc12. The second-order valence-electron chi connectivity index (χ2n) is 4.65. The van der Waals surface area contributed by atoms with E-state index in [0.29, 0.717) is 35.3 Å². The fourth-order valence-corrected chi connectivity index (χ4v) is 2.28. The molecule has 7 heteroatoms. The maximum absolute atomic E-state index is 12.4. The van der Waals surface area contributed by atoms with E-state index in [1.807, 2.05) is 19.1 Å². The molecular weight excluding hydrogens is 284 g/mol. The van der Waals surface area contributed by atoms with Crippen LogP contribution in [0.15, 0.2) is 35.2 Å². The minimum absolute atomic E-state index is 0.226. The van der Waals surface area contributed by atoms with Gasteiger partial charge in [-0.15, -0.1) is 0 Å². The first-order chi connectivity index (χ1) is 10.7. The minimum atomic E-state index is -0.239. The van der Waals surface area contributed by atoms with Crippen molar-refractivity contribution >= 4 is 11.6 Å². The van der Waals surface area contributed by atoms with Crippen molar-refractivity contribution in [3.8, 4) is 5.75 Å². The van der Waals surface area contributed by atoms with Crippen LogP contribution in [-0.4, -0.2) is 26.9 Å². The predicted octanol–water partition coefficient (Wildman–Crippen LogP) is 1.96. The molecule has 0 bridgehead atoms. The first-order valence-corrected chi connectivity index (χ1v) is 6.97. The topological polar surface area (TPSA) is 81.7 Å². The largest absolute Gasteiger partial charge is 0.490 e. The third kappa shape index (κ3) is 2.52. The van der Waals surface area contributed by atoms with Crippen LogP contribution in [-0.2, 0) is 6.54 Å². The number of hydrogen-bond donors (Lipinski definition) is 1. The van der Waals surface area contributed by atoms with Crippen molar-refractivity contribution in [1.29, 1.82) is 0 Å². The summed E-state index contributed by atoms with van der Waals surface area (Å²) >= 11 is 0. The number of oxazole rings is 1. The lowest BCUT2D eigenvalue weighted by molar-refractivity contribution is 0.0940. The first kappa shape index (κ1) is 14.1. The standard InChI is InChI=1S/C15H16N4O3/c1-3-21-11-5-4-7-19-13(10(2)18-14(11)19)15(20)17-9-12-16-6-8-22-12/h4-8H,3,9H2,1-2H3,(H,17,20). The number of pyridine rings is 1. The molecule has 0 aliphatic carbocycles. The molecule has 22 heavy (non-hydrogen) atoms. The lowest BCUT2D eigenvalue weighted by Crippen LogP contribution is -2.25. The molecule has 3 aromatic rings. The van der Waals surface area contributed by atoms with E-state index in [1.54, 1.807) is 17.5 Å². The molecule has 0 aromatic carbocycles. The quantitative estimate of drug-likeness (QED) is 0.779. The summed E-state index contributed by atoms with van der Waals surface area (Å²) in [6, 6.07) is 3.66. The Hall–Kier alpha value is -2.83. The Morgan fingerprint density at radius 3 is 3.09 bits per heavy atom. The highest BCUT2D eigenvalue weighted by molar-refractivity contribution is 5.94. The third-order valence-corrected chi connectivity index (χ3v) is 3.19. The summed E-state index contributed by atoms with van der Waals surface area (Å²) in [6.45, 7) is 4.47. The molecular formula is C15H16N4O3. The number of aryl methyl sites for hydroxylation is 1. The summed E-state index contributed by atoms with van der Waals surface area (Å²) < 4.78 is 12.4. The Morgan fingerprint density at radius 2 is 2.36 bits per heavy atom. The van der Waals surface area contributed by atoms with E-state index in [0.717, 1.165) is 0 Å². The maximum atomic E-state index is 12.4. The highest BCUT2D eigenvalue weighted by atomic mass is 16.5. The van der Waals surface area contributed by atoms with Gasteiger partial charge in [0.2, 0.25) is 5.89 Å². The lowest BCUT2D eigenvalue weighted by Gasteiger charge is -2.06. The Morgan fingerprint density at radius 1 is 1.50 bits per heavy atom. The fourth-order valence-electron chi connectivity index (χ4n) is 2.28. The molecule has 1 amide bonds. The number of carbonyl (C=O) groups is 1. The Kier molecular flexibility index (Phi) is 3.78. The molecule has 0 radical (unpaired) electrons. The van der Waals surface area contributed by atoms with Crippen LogP contribution in [0.4, 0.5) is 0 Å². The number of nitrogens with one attached hydrogen (secondary N) is 1. The molecule has 7 nitrogen and oxygen atoms in total. The maximum Gasteiger partial charge on any atom is 0.270 e. The highest BCUT2D eigenvalue weighted by Gasteiger charge is 2.18. The minimum Gasteiger partial charge on any atom is -0.490 e. The molecule has 3 rings (SSSR count). The smallest absolute Gasteiger partial charge is 0.270 e. The van der Waals surface area contributed by atoms with Gasteiger partial charge in [-0.05, 0) is 26.0 Å². The van der Waals surface area contributed by atoms with Gasteiger partial charge in [0, 0.05) is 6.20 Å². The summed E-state index contributed by atoms with van der Waals surface area (Å²) in [5.74, 6) is 0.867. The van der Waals surface area contributed by atoms with Crippen LogP contribution in [0, 0.1) is 6.92 Å². The van der Waals surface area contributed by atoms with Gasteiger partial charge in [-0.1, -0.05) is 0 Å². The van der Waals surface area contributed by atoms with E-state index >= 15 is 0 Å². The molecule has 0 saturated heterocycles. The number of carbonyl (C=O) groups excluding carboxylic acids is 1. The number of fused-ring (bicyclic) bond motifs is 1. The fraction of sp³-hybridized carbons (Fsp3) is 0.267. The zero-order valence-electron chi connectivity index (χ0n) is 12.4. The van der Waals surface area contributed by atoms with Crippen molar-refractivity contribution in [3.63, 3.8) is 0 Å². The van der Waals surface area contributed by atoms with Gasteiger partial charge in [-0.25, -0.2) is 9.97 Å². The van der Waals surface area contributed by atoms with Crippen molar-refractivity contribution in [1.82, 2.24) is 19.7 Å². The molecule has 0 unspecified atom stereocenters. The second kappa shape index (κ2) is 5.88. The highest BCUT2D eigenvalue weighted by Crippen LogP contribution is 2.22. The summed E-state index contributed by atoms with van der Waals surface area (Å²) in [4.78, 5) is 20.8. The van der Waals surface area contributed by atoms with Crippen LogP contribution in [0.25, 0.3) is 5.65 Å². The van der Waals surface area contributed by atoms with Crippen molar-refractivity contribution in [3.05, 3.63) is 48.1 Å². The Bertz CT molecular complexity index is 793. The van der Waals surface area contributed by atoms with Crippen LogP contribution < -0.4 is 10.1 Å². The van der Waals surface area contributed by atoms with Crippen LogP contribution in [0.5, 0.6) is 5.75 Å². The van der Waals surface area contributed by atoms with Gasteiger partial charge in [0.25, 0.3) is 5.91 Å². The number of nitrogens with zero attached hydrogens (tertiary/aromatic N) is 3. The van der Waals surface area contributed by atoms with E-state index in [2.05, 4.69) is 15.3 Å². The third-order valence-electron chi connectivity index (χ3n) is 3.19. The van der Waals surface area contributed by atoms with Crippen molar-refractivity contribution in [2.75, 3.05) is 6.61 Å². The van der Waals surface area contributed by atoms with Gasteiger partial charge in [0.15, 0.2) is 11.4 Å². The summed E-state index contributed by atoms with van der Waals surface area (Å²) in [5.41, 5.74) is 1.74. The summed E-state index contributed by atoms with van der Waals surface area (Å²) in [5, 5.41) is 2.78. The van der Waals surface area contributed by atoms with Gasteiger partial charge < -0.3 is 14.5 Å². The van der Waals surface area contributed by atoms with E-state index < -0.39 is 0 Å². The van der Waals surface area contributed by atoms with Gasteiger partial charge in [-0.2, -0.15) is 0 Å². The van der Waals surface area contributed by atoms with Crippen molar-refractivity contribution < 1.29 is 13.9 Å². The number of rotatable bonds is 5. The van der Waals surface area contributed by atoms with Gasteiger partial charge in [-0.3, -0.25) is 9.20 Å². The second-order valence-corrected chi connectivity index (χ2v) is 4.65. The normalized spacial score (nSPS) is 10.8. The van der Waals surface area contributed by atoms with E-state index in [1.165, 1.54) is 12.5 Å². The van der Waals surface area contributed by atoms with Crippen molar-refractivity contribution in [2.24, 2.45) is 0 Å². The molecule has 0 spiro atoms.